The largest absolute Gasteiger partial charge is 0.493 e. The van der Waals surface area contributed by atoms with Crippen molar-refractivity contribution in [1.29, 1.82) is 0 Å². The number of hydrogen-bond donors (Lipinski definition) is 0. The molecule has 0 saturated carbocycles. The van der Waals surface area contributed by atoms with Crippen LogP contribution in [0.15, 0.2) is 53.4 Å². The van der Waals surface area contributed by atoms with Crippen molar-refractivity contribution < 1.29 is 19.1 Å². The van der Waals surface area contributed by atoms with Crippen LogP contribution in [0.2, 0.25) is 0 Å². The fourth-order valence-electron chi connectivity index (χ4n) is 1.91. The molecule has 0 saturated heterocycles. The number of esters is 1. The van der Waals surface area contributed by atoms with Crippen molar-refractivity contribution in [2.24, 2.45) is 0 Å². The van der Waals surface area contributed by atoms with Gasteiger partial charge < -0.3 is 9.47 Å². The SMILES string of the molecule is CSc1ccc(C#Cc2ccc(OCCCOC(=O)C=O)cc2)cc1. The summed E-state index contributed by atoms with van der Waals surface area (Å²) < 4.78 is 10.2. The Labute approximate surface area is 151 Å². The van der Waals surface area contributed by atoms with E-state index < -0.39 is 5.97 Å². The smallest absolute Gasteiger partial charge is 0.371 e. The second-order valence-electron chi connectivity index (χ2n) is 4.99. The van der Waals surface area contributed by atoms with Crippen molar-refractivity contribution in [3.8, 4) is 17.6 Å². The first kappa shape index (κ1) is 18.6. The molecule has 4 nitrogen and oxygen atoms in total. The molecular formula is C20H18O4S. The number of ether oxygens (including phenoxy) is 2. The van der Waals surface area contributed by atoms with Gasteiger partial charge in [-0.05, 0) is 54.8 Å². The molecule has 2 rings (SSSR count). The summed E-state index contributed by atoms with van der Waals surface area (Å²) in [5.41, 5.74) is 1.88. The van der Waals surface area contributed by atoms with E-state index in [0.717, 1.165) is 16.9 Å². The quantitative estimate of drug-likeness (QED) is 0.191. The summed E-state index contributed by atoms with van der Waals surface area (Å²) in [6, 6.07) is 15.6. The first-order valence-electron chi connectivity index (χ1n) is 7.72. The monoisotopic (exact) mass is 354 g/mol. The van der Waals surface area contributed by atoms with Gasteiger partial charge in [0.1, 0.15) is 5.75 Å². The van der Waals surface area contributed by atoms with Gasteiger partial charge in [0.15, 0.2) is 0 Å². The zero-order valence-corrected chi connectivity index (χ0v) is 14.7. The van der Waals surface area contributed by atoms with E-state index >= 15 is 0 Å². The summed E-state index contributed by atoms with van der Waals surface area (Å²) in [5.74, 6) is 6.11. The van der Waals surface area contributed by atoms with E-state index in [1.54, 1.807) is 11.8 Å². The molecule has 0 aliphatic carbocycles. The first-order chi connectivity index (χ1) is 12.2. The van der Waals surface area contributed by atoms with Gasteiger partial charge in [-0.3, -0.25) is 4.79 Å². The average molecular weight is 354 g/mol. The number of carbonyl (C=O) groups excluding carboxylic acids is 2. The van der Waals surface area contributed by atoms with E-state index in [1.165, 1.54) is 4.90 Å². The topological polar surface area (TPSA) is 52.6 Å². The van der Waals surface area contributed by atoms with Crippen LogP contribution in [0.1, 0.15) is 17.5 Å². The van der Waals surface area contributed by atoms with Crippen LogP contribution in [-0.4, -0.2) is 31.7 Å². The van der Waals surface area contributed by atoms with Gasteiger partial charge in [0.2, 0.25) is 6.29 Å². The fourth-order valence-corrected chi connectivity index (χ4v) is 2.32. The van der Waals surface area contributed by atoms with Gasteiger partial charge in [-0.1, -0.05) is 11.8 Å². The molecule has 0 aliphatic heterocycles. The number of rotatable bonds is 7. The number of benzene rings is 2. The van der Waals surface area contributed by atoms with Crippen LogP contribution in [0.5, 0.6) is 5.75 Å². The van der Waals surface area contributed by atoms with E-state index in [-0.39, 0.29) is 12.9 Å². The summed E-state index contributed by atoms with van der Waals surface area (Å²) in [7, 11) is 0. The standard InChI is InChI=1S/C20H18O4S/c1-25-19-11-7-17(8-12-19)4-3-16-5-9-18(10-6-16)23-13-2-14-24-20(22)15-21/h5-12,15H,2,13-14H2,1H3. The Morgan fingerprint density at radius 3 is 2.16 bits per heavy atom. The van der Waals surface area contributed by atoms with Crippen LogP contribution in [0.4, 0.5) is 0 Å². The summed E-state index contributed by atoms with van der Waals surface area (Å²) in [6.07, 6.45) is 2.72. The molecule has 0 atom stereocenters. The van der Waals surface area contributed by atoms with Crippen LogP contribution in [-0.2, 0) is 14.3 Å². The zero-order chi connectivity index (χ0) is 17.9. The molecule has 25 heavy (non-hydrogen) atoms. The molecule has 0 bridgehead atoms. The third kappa shape index (κ3) is 6.74. The second-order valence-corrected chi connectivity index (χ2v) is 5.87. The van der Waals surface area contributed by atoms with E-state index in [9.17, 15) is 9.59 Å². The molecule has 0 aliphatic rings. The molecule has 2 aromatic carbocycles. The molecule has 0 heterocycles. The van der Waals surface area contributed by atoms with Crippen LogP contribution in [0, 0.1) is 11.8 Å². The molecule has 5 heteroatoms. The Kier molecular flexibility index (Phi) is 7.61. The minimum Gasteiger partial charge on any atom is -0.493 e. The molecule has 128 valence electrons. The minimum atomic E-state index is -0.856. The van der Waals surface area contributed by atoms with Gasteiger partial charge in [-0.25, -0.2) is 4.79 Å². The lowest BCUT2D eigenvalue weighted by molar-refractivity contribution is -0.148. The number of thioether (sulfide) groups is 1. The van der Waals surface area contributed by atoms with Crippen molar-refractivity contribution >= 4 is 24.0 Å². The molecule has 0 unspecified atom stereocenters. The van der Waals surface area contributed by atoms with Crippen molar-refractivity contribution in [3.05, 3.63) is 59.7 Å². The van der Waals surface area contributed by atoms with E-state index in [0.29, 0.717) is 13.0 Å². The molecule has 0 N–H and O–H groups in total. The molecule has 0 amide bonds. The van der Waals surface area contributed by atoms with Crippen LogP contribution >= 0.6 is 11.8 Å². The third-order valence-electron chi connectivity index (χ3n) is 3.19. The maximum atomic E-state index is 10.6. The fraction of sp³-hybridized carbons (Fsp3) is 0.200. The van der Waals surface area contributed by atoms with Gasteiger partial charge >= 0.3 is 5.97 Å². The highest BCUT2D eigenvalue weighted by Crippen LogP contribution is 2.15. The van der Waals surface area contributed by atoms with Gasteiger partial charge in [0.05, 0.1) is 13.2 Å². The molecule has 0 radical (unpaired) electrons. The Morgan fingerprint density at radius 1 is 1.00 bits per heavy atom. The highest BCUT2D eigenvalue weighted by Gasteiger charge is 1.99. The zero-order valence-electron chi connectivity index (χ0n) is 13.9. The molecular weight excluding hydrogens is 336 g/mol. The first-order valence-corrected chi connectivity index (χ1v) is 8.94. The maximum Gasteiger partial charge on any atom is 0.371 e. The maximum absolute atomic E-state index is 10.6. The van der Waals surface area contributed by atoms with Crippen LogP contribution in [0.25, 0.3) is 0 Å². The normalized spacial score (nSPS) is 9.64. The average Bonchev–Trinajstić information content (AvgIpc) is 2.67. The summed E-state index contributed by atoms with van der Waals surface area (Å²) >= 11 is 1.70. The Morgan fingerprint density at radius 2 is 1.60 bits per heavy atom. The molecule has 0 aromatic heterocycles. The Bertz CT molecular complexity index is 755. The third-order valence-corrected chi connectivity index (χ3v) is 3.94. The summed E-state index contributed by atoms with van der Waals surface area (Å²) in [6.45, 7) is 0.565. The van der Waals surface area contributed by atoms with Crippen LogP contribution in [0.3, 0.4) is 0 Å². The highest BCUT2D eigenvalue weighted by molar-refractivity contribution is 7.98. The molecule has 0 fully saturated rings. The van der Waals surface area contributed by atoms with Gasteiger partial charge in [0.25, 0.3) is 0 Å². The van der Waals surface area contributed by atoms with Crippen LogP contribution < -0.4 is 4.74 Å². The lowest BCUT2D eigenvalue weighted by atomic mass is 10.2. The molecule has 0 spiro atoms. The van der Waals surface area contributed by atoms with Crippen molar-refractivity contribution in [3.63, 3.8) is 0 Å². The number of hydrogen-bond acceptors (Lipinski definition) is 5. The van der Waals surface area contributed by atoms with Gasteiger partial charge in [-0.15, -0.1) is 11.8 Å². The van der Waals surface area contributed by atoms with Crippen molar-refractivity contribution in [2.45, 2.75) is 11.3 Å². The number of aldehydes is 1. The highest BCUT2D eigenvalue weighted by atomic mass is 32.2. The predicted octanol–water partition coefficient (Wildman–Crippen LogP) is 3.32. The predicted molar refractivity (Wildman–Crippen MR) is 97.8 cm³/mol. The molecule has 2 aromatic rings. The van der Waals surface area contributed by atoms with Crippen molar-refractivity contribution in [1.82, 2.24) is 0 Å². The van der Waals surface area contributed by atoms with E-state index in [1.807, 2.05) is 42.7 Å². The van der Waals surface area contributed by atoms with Gasteiger partial charge in [0, 0.05) is 22.4 Å². The Balaban J connectivity index is 1.80. The van der Waals surface area contributed by atoms with Crippen molar-refractivity contribution in [2.75, 3.05) is 19.5 Å². The minimum absolute atomic E-state index is 0.151. The second kappa shape index (κ2) is 10.2. The Hall–Kier alpha value is -2.71. The van der Waals surface area contributed by atoms with Gasteiger partial charge in [-0.2, -0.15) is 0 Å². The van der Waals surface area contributed by atoms with E-state index in [4.69, 9.17) is 4.74 Å². The lowest BCUT2D eigenvalue weighted by Crippen LogP contribution is -2.09. The van der Waals surface area contributed by atoms with E-state index in [2.05, 4.69) is 28.7 Å². The summed E-state index contributed by atoms with van der Waals surface area (Å²) in [5, 5.41) is 0. The summed E-state index contributed by atoms with van der Waals surface area (Å²) in [4.78, 5) is 21.9. The number of carbonyl (C=O) groups is 2. The lowest BCUT2D eigenvalue weighted by Gasteiger charge is -2.06.